The van der Waals surface area contributed by atoms with Crippen LogP contribution in [0.2, 0.25) is 0 Å². The molecule has 2 heterocycles. The number of rotatable bonds is 4. The molecule has 0 radical (unpaired) electrons. The molecular formula is C14H16N2O2S. The van der Waals surface area contributed by atoms with E-state index in [1.54, 1.807) is 11.3 Å². The van der Waals surface area contributed by atoms with Gasteiger partial charge in [-0.1, -0.05) is 6.07 Å². The zero-order valence-electron chi connectivity index (χ0n) is 10.8. The van der Waals surface area contributed by atoms with Gasteiger partial charge < -0.3 is 14.8 Å². The summed E-state index contributed by atoms with van der Waals surface area (Å²) in [5, 5.41) is 5.53. The SMILES string of the molecule is CC(NCc1ccc2c(c1)OCCO2)c1cscn1. The first-order chi connectivity index (χ1) is 9.33. The van der Waals surface area contributed by atoms with Crippen LogP contribution >= 0.6 is 11.3 Å². The van der Waals surface area contributed by atoms with E-state index < -0.39 is 0 Å². The maximum atomic E-state index is 5.58. The Kier molecular flexibility index (Phi) is 3.66. The summed E-state index contributed by atoms with van der Waals surface area (Å²) < 4.78 is 11.1. The molecule has 1 N–H and O–H groups in total. The van der Waals surface area contributed by atoms with Crippen LogP contribution < -0.4 is 14.8 Å². The zero-order chi connectivity index (χ0) is 13.1. The average molecular weight is 276 g/mol. The van der Waals surface area contributed by atoms with E-state index in [0.29, 0.717) is 13.2 Å². The first kappa shape index (κ1) is 12.4. The highest BCUT2D eigenvalue weighted by molar-refractivity contribution is 7.07. The van der Waals surface area contributed by atoms with Gasteiger partial charge in [0.1, 0.15) is 13.2 Å². The standard InChI is InChI=1S/C14H16N2O2S/c1-10(12-8-19-9-16-12)15-7-11-2-3-13-14(6-11)18-5-4-17-13/h2-3,6,8-10,15H,4-5,7H2,1H3. The molecule has 1 unspecified atom stereocenters. The minimum absolute atomic E-state index is 0.249. The summed E-state index contributed by atoms with van der Waals surface area (Å²) in [5.74, 6) is 1.68. The second kappa shape index (κ2) is 5.59. The Morgan fingerprint density at radius 1 is 1.32 bits per heavy atom. The summed E-state index contributed by atoms with van der Waals surface area (Å²) in [4.78, 5) is 4.31. The van der Waals surface area contributed by atoms with E-state index in [0.717, 1.165) is 23.7 Å². The van der Waals surface area contributed by atoms with Crippen LogP contribution in [0.3, 0.4) is 0 Å². The maximum absolute atomic E-state index is 5.58. The molecule has 1 aliphatic rings. The van der Waals surface area contributed by atoms with Crippen LogP contribution in [0.5, 0.6) is 11.5 Å². The van der Waals surface area contributed by atoms with Crippen LogP contribution in [0.15, 0.2) is 29.1 Å². The molecule has 0 aliphatic carbocycles. The number of aromatic nitrogens is 1. The molecule has 5 heteroatoms. The van der Waals surface area contributed by atoms with Gasteiger partial charge in [-0.25, -0.2) is 4.98 Å². The van der Waals surface area contributed by atoms with Crippen LogP contribution in [0.4, 0.5) is 0 Å². The molecule has 0 fully saturated rings. The molecule has 0 spiro atoms. The van der Waals surface area contributed by atoms with Crippen molar-refractivity contribution in [2.45, 2.75) is 19.5 Å². The van der Waals surface area contributed by atoms with Crippen molar-refractivity contribution >= 4 is 11.3 Å². The van der Waals surface area contributed by atoms with Gasteiger partial charge in [0, 0.05) is 18.0 Å². The first-order valence-corrected chi connectivity index (χ1v) is 7.27. The summed E-state index contributed by atoms with van der Waals surface area (Å²) in [7, 11) is 0. The van der Waals surface area contributed by atoms with Gasteiger partial charge in [-0.2, -0.15) is 0 Å². The minimum atomic E-state index is 0.249. The molecule has 4 nitrogen and oxygen atoms in total. The molecule has 1 aromatic heterocycles. The summed E-state index contributed by atoms with van der Waals surface area (Å²) in [6, 6.07) is 6.32. The monoisotopic (exact) mass is 276 g/mol. The van der Waals surface area contributed by atoms with Gasteiger partial charge >= 0.3 is 0 Å². The molecule has 1 aromatic carbocycles. The smallest absolute Gasteiger partial charge is 0.161 e. The third-order valence-corrected chi connectivity index (χ3v) is 3.72. The van der Waals surface area contributed by atoms with Gasteiger partial charge in [-0.05, 0) is 24.6 Å². The van der Waals surface area contributed by atoms with Gasteiger partial charge in [0.05, 0.1) is 11.2 Å². The van der Waals surface area contributed by atoms with Crippen molar-refractivity contribution in [3.05, 3.63) is 40.3 Å². The number of fused-ring (bicyclic) bond motifs is 1. The van der Waals surface area contributed by atoms with Crippen LogP contribution in [0, 0.1) is 0 Å². The van der Waals surface area contributed by atoms with E-state index in [1.165, 1.54) is 5.56 Å². The van der Waals surface area contributed by atoms with Gasteiger partial charge in [0.15, 0.2) is 11.5 Å². The number of hydrogen-bond acceptors (Lipinski definition) is 5. The van der Waals surface area contributed by atoms with E-state index in [1.807, 2.05) is 17.6 Å². The average Bonchev–Trinajstić information content (AvgIpc) is 2.99. The van der Waals surface area contributed by atoms with Crippen molar-refractivity contribution in [3.63, 3.8) is 0 Å². The van der Waals surface area contributed by atoms with Gasteiger partial charge in [0.2, 0.25) is 0 Å². The quantitative estimate of drug-likeness (QED) is 0.932. The van der Waals surface area contributed by atoms with Crippen molar-refractivity contribution in [2.75, 3.05) is 13.2 Å². The molecular weight excluding hydrogens is 260 g/mol. The van der Waals surface area contributed by atoms with E-state index >= 15 is 0 Å². The third kappa shape index (κ3) is 2.88. The van der Waals surface area contributed by atoms with Crippen molar-refractivity contribution in [3.8, 4) is 11.5 Å². The molecule has 0 saturated heterocycles. The Hall–Kier alpha value is -1.59. The van der Waals surface area contributed by atoms with E-state index in [4.69, 9.17) is 9.47 Å². The molecule has 0 amide bonds. The zero-order valence-corrected chi connectivity index (χ0v) is 11.6. The number of thiazole rings is 1. The van der Waals surface area contributed by atoms with E-state index in [9.17, 15) is 0 Å². The van der Waals surface area contributed by atoms with Crippen LogP contribution in [-0.4, -0.2) is 18.2 Å². The lowest BCUT2D eigenvalue weighted by Gasteiger charge is -2.19. The first-order valence-electron chi connectivity index (χ1n) is 6.33. The maximum Gasteiger partial charge on any atom is 0.161 e. The lowest BCUT2D eigenvalue weighted by atomic mass is 10.1. The summed E-state index contributed by atoms with van der Waals surface area (Å²) in [6.45, 7) is 4.16. The van der Waals surface area contributed by atoms with Crippen LogP contribution in [0.1, 0.15) is 24.2 Å². The Morgan fingerprint density at radius 3 is 2.95 bits per heavy atom. The fourth-order valence-electron chi connectivity index (χ4n) is 2.01. The Morgan fingerprint density at radius 2 is 2.16 bits per heavy atom. The van der Waals surface area contributed by atoms with E-state index in [-0.39, 0.29) is 6.04 Å². The Labute approximate surface area is 116 Å². The number of nitrogens with one attached hydrogen (secondary N) is 1. The fraction of sp³-hybridized carbons (Fsp3) is 0.357. The second-order valence-electron chi connectivity index (χ2n) is 4.49. The van der Waals surface area contributed by atoms with Crippen LogP contribution in [-0.2, 0) is 6.54 Å². The Balaban J connectivity index is 1.64. The van der Waals surface area contributed by atoms with Crippen molar-refractivity contribution < 1.29 is 9.47 Å². The predicted molar refractivity (Wildman–Crippen MR) is 74.8 cm³/mol. The summed E-state index contributed by atoms with van der Waals surface area (Å²) in [5.41, 5.74) is 4.13. The van der Waals surface area contributed by atoms with Crippen molar-refractivity contribution in [1.29, 1.82) is 0 Å². The highest BCUT2D eigenvalue weighted by atomic mass is 32.1. The predicted octanol–water partition coefficient (Wildman–Crippen LogP) is 2.77. The molecule has 1 aliphatic heterocycles. The molecule has 0 bridgehead atoms. The molecule has 1 atom stereocenters. The highest BCUT2D eigenvalue weighted by Crippen LogP contribution is 2.30. The third-order valence-electron chi connectivity index (χ3n) is 3.11. The van der Waals surface area contributed by atoms with Crippen LogP contribution in [0.25, 0.3) is 0 Å². The highest BCUT2D eigenvalue weighted by Gasteiger charge is 2.12. The topological polar surface area (TPSA) is 43.4 Å². The van der Waals surface area contributed by atoms with Gasteiger partial charge in [-0.15, -0.1) is 11.3 Å². The number of ether oxygens (including phenoxy) is 2. The number of hydrogen-bond donors (Lipinski definition) is 1. The number of benzene rings is 1. The number of nitrogens with zero attached hydrogens (tertiary/aromatic N) is 1. The van der Waals surface area contributed by atoms with Gasteiger partial charge in [-0.3, -0.25) is 0 Å². The molecule has 19 heavy (non-hydrogen) atoms. The fourth-order valence-corrected chi connectivity index (χ4v) is 2.66. The lowest BCUT2D eigenvalue weighted by Crippen LogP contribution is -2.19. The summed E-state index contributed by atoms with van der Waals surface area (Å²) >= 11 is 1.62. The van der Waals surface area contributed by atoms with Crippen molar-refractivity contribution in [1.82, 2.24) is 10.3 Å². The molecule has 2 aromatic rings. The second-order valence-corrected chi connectivity index (χ2v) is 5.21. The van der Waals surface area contributed by atoms with Crippen molar-refractivity contribution in [2.24, 2.45) is 0 Å². The van der Waals surface area contributed by atoms with E-state index in [2.05, 4.69) is 28.7 Å². The molecule has 0 saturated carbocycles. The summed E-state index contributed by atoms with van der Waals surface area (Å²) in [6.07, 6.45) is 0. The van der Waals surface area contributed by atoms with Gasteiger partial charge in [0.25, 0.3) is 0 Å². The molecule has 3 rings (SSSR count). The largest absolute Gasteiger partial charge is 0.486 e. The minimum Gasteiger partial charge on any atom is -0.486 e. The molecule has 100 valence electrons. The Bertz CT molecular complexity index is 542. The normalized spacial score (nSPS) is 15.2. The lowest BCUT2D eigenvalue weighted by molar-refractivity contribution is 0.171.